The third kappa shape index (κ3) is 2.97. The average molecular weight is 289 g/mol. The fraction of sp³-hybridized carbons (Fsp3) is 0.562. The molecule has 2 atom stereocenters. The van der Waals surface area contributed by atoms with Crippen molar-refractivity contribution in [2.45, 2.75) is 31.4 Å². The van der Waals surface area contributed by atoms with Crippen LogP contribution in [0.4, 0.5) is 11.4 Å². The number of nitrogens with zero attached hydrogens (tertiary/aromatic N) is 1. The third-order valence-corrected chi connectivity index (χ3v) is 4.27. The summed E-state index contributed by atoms with van der Waals surface area (Å²) < 4.78 is 5.84. The van der Waals surface area contributed by atoms with Crippen LogP contribution >= 0.6 is 0 Å². The summed E-state index contributed by atoms with van der Waals surface area (Å²) in [6.45, 7) is 0.801. The summed E-state index contributed by atoms with van der Waals surface area (Å²) in [5, 5.41) is 3.49. The highest BCUT2D eigenvalue weighted by Gasteiger charge is 2.40. The Morgan fingerprint density at radius 3 is 2.76 bits per heavy atom. The summed E-state index contributed by atoms with van der Waals surface area (Å²) >= 11 is 0. The molecule has 3 N–H and O–H groups in total. The van der Waals surface area contributed by atoms with E-state index in [9.17, 15) is 4.79 Å². The van der Waals surface area contributed by atoms with Gasteiger partial charge in [0, 0.05) is 26.3 Å². The molecule has 1 saturated carbocycles. The molecule has 5 heteroatoms. The number of amides is 1. The lowest BCUT2D eigenvalue weighted by Crippen LogP contribution is -2.31. The van der Waals surface area contributed by atoms with Gasteiger partial charge in [-0.2, -0.15) is 0 Å². The quantitative estimate of drug-likeness (QED) is 0.831. The molecule has 2 fully saturated rings. The summed E-state index contributed by atoms with van der Waals surface area (Å²) in [5.41, 5.74) is 8.21. The summed E-state index contributed by atoms with van der Waals surface area (Å²) in [5.74, 6) is 0.678. The van der Waals surface area contributed by atoms with Crippen molar-refractivity contribution in [1.29, 1.82) is 0 Å². The molecule has 1 amide bonds. The maximum Gasteiger partial charge on any atom is 0.253 e. The highest BCUT2D eigenvalue weighted by molar-refractivity contribution is 5.95. The number of ether oxygens (including phenoxy) is 1. The molecule has 1 aliphatic heterocycles. The zero-order valence-electron chi connectivity index (χ0n) is 12.6. The van der Waals surface area contributed by atoms with Gasteiger partial charge in [-0.05, 0) is 43.4 Å². The zero-order valence-corrected chi connectivity index (χ0v) is 12.6. The van der Waals surface area contributed by atoms with Crippen LogP contribution in [-0.4, -0.2) is 43.7 Å². The first kappa shape index (κ1) is 14.2. The topological polar surface area (TPSA) is 67.6 Å². The first-order valence-electron chi connectivity index (χ1n) is 7.55. The standard InChI is InChI=1S/C16H23N3O2/c1-19(2)16(20)11-5-6-12(17)14(9-11)18-13-7-8-21-15(13)10-3-4-10/h5-6,9-10,13,15,18H,3-4,7-8,17H2,1-2H3. The van der Waals surface area contributed by atoms with Crippen LogP contribution in [-0.2, 0) is 4.74 Å². The predicted octanol–water partition coefficient (Wildman–Crippen LogP) is 1.95. The van der Waals surface area contributed by atoms with Crippen molar-refractivity contribution in [1.82, 2.24) is 4.90 Å². The minimum atomic E-state index is -0.0144. The van der Waals surface area contributed by atoms with Crippen LogP contribution in [0.25, 0.3) is 0 Å². The number of nitrogen functional groups attached to an aromatic ring is 1. The Kier molecular flexibility index (Phi) is 3.76. The Labute approximate surface area is 125 Å². The molecule has 1 aromatic rings. The minimum absolute atomic E-state index is 0.0144. The molecule has 2 unspecified atom stereocenters. The molecule has 1 aliphatic carbocycles. The molecular formula is C16H23N3O2. The number of hydrogen-bond donors (Lipinski definition) is 2. The van der Waals surface area contributed by atoms with Gasteiger partial charge in [0.05, 0.1) is 23.5 Å². The molecule has 5 nitrogen and oxygen atoms in total. The van der Waals surface area contributed by atoms with Crippen molar-refractivity contribution in [3.05, 3.63) is 23.8 Å². The lowest BCUT2D eigenvalue weighted by Gasteiger charge is -2.22. The molecule has 21 heavy (non-hydrogen) atoms. The third-order valence-electron chi connectivity index (χ3n) is 4.27. The van der Waals surface area contributed by atoms with E-state index >= 15 is 0 Å². The fourth-order valence-electron chi connectivity index (χ4n) is 2.93. The molecule has 1 saturated heterocycles. The highest BCUT2D eigenvalue weighted by atomic mass is 16.5. The van der Waals surface area contributed by atoms with Crippen molar-refractivity contribution in [2.24, 2.45) is 5.92 Å². The first-order valence-corrected chi connectivity index (χ1v) is 7.55. The Balaban J connectivity index is 1.77. The largest absolute Gasteiger partial charge is 0.397 e. The molecule has 0 radical (unpaired) electrons. The molecule has 2 aliphatic rings. The molecule has 114 valence electrons. The molecular weight excluding hydrogens is 266 g/mol. The van der Waals surface area contributed by atoms with E-state index in [0.29, 0.717) is 23.2 Å². The summed E-state index contributed by atoms with van der Waals surface area (Å²) in [4.78, 5) is 13.6. The SMILES string of the molecule is CN(C)C(=O)c1ccc(N)c(NC2CCOC2C2CC2)c1. The molecule has 1 aromatic carbocycles. The summed E-state index contributed by atoms with van der Waals surface area (Å²) in [6, 6.07) is 5.71. The second kappa shape index (κ2) is 5.56. The first-order chi connectivity index (χ1) is 10.1. The van der Waals surface area contributed by atoms with Gasteiger partial charge in [0.15, 0.2) is 0 Å². The average Bonchev–Trinajstić information content (AvgIpc) is 3.20. The molecule has 0 bridgehead atoms. The predicted molar refractivity (Wildman–Crippen MR) is 83.4 cm³/mol. The van der Waals surface area contributed by atoms with Crippen molar-refractivity contribution in [2.75, 3.05) is 31.8 Å². The molecule has 1 heterocycles. The molecule has 0 aromatic heterocycles. The minimum Gasteiger partial charge on any atom is -0.397 e. The molecule has 0 spiro atoms. The molecule has 3 rings (SSSR count). The number of carbonyl (C=O) groups is 1. The van der Waals surface area contributed by atoms with E-state index in [0.717, 1.165) is 18.7 Å². The van der Waals surface area contributed by atoms with Crippen molar-refractivity contribution in [3.63, 3.8) is 0 Å². The van der Waals surface area contributed by atoms with Crippen LogP contribution in [0.3, 0.4) is 0 Å². The van der Waals surface area contributed by atoms with Crippen LogP contribution in [0.2, 0.25) is 0 Å². The normalized spacial score (nSPS) is 24.9. The fourth-order valence-corrected chi connectivity index (χ4v) is 2.93. The Morgan fingerprint density at radius 2 is 2.10 bits per heavy atom. The smallest absolute Gasteiger partial charge is 0.253 e. The summed E-state index contributed by atoms with van der Waals surface area (Å²) in [6.07, 6.45) is 3.80. The number of nitrogens with one attached hydrogen (secondary N) is 1. The van der Waals surface area contributed by atoms with E-state index in [2.05, 4.69) is 5.32 Å². The Bertz CT molecular complexity index is 540. The van der Waals surface area contributed by atoms with E-state index in [4.69, 9.17) is 10.5 Å². The number of anilines is 2. The van der Waals surface area contributed by atoms with Gasteiger partial charge in [-0.25, -0.2) is 0 Å². The van der Waals surface area contributed by atoms with E-state index in [1.54, 1.807) is 31.1 Å². The lowest BCUT2D eigenvalue weighted by molar-refractivity contribution is 0.0827. The zero-order chi connectivity index (χ0) is 15.0. The number of hydrogen-bond acceptors (Lipinski definition) is 4. The second-order valence-corrected chi connectivity index (χ2v) is 6.21. The highest BCUT2D eigenvalue weighted by Crippen LogP contribution is 2.40. The Hall–Kier alpha value is -1.75. The van der Waals surface area contributed by atoms with Gasteiger partial charge in [-0.1, -0.05) is 0 Å². The van der Waals surface area contributed by atoms with Gasteiger partial charge in [0.2, 0.25) is 0 Å². The van der Waals surface area contributed by atoms with Gasteiger partial charge in [-0.3, -0.25) is 4.79 Å². The van der Waals surface area contributed by atoms with Crippen LogP contribution in [0.5, 0.6) is 0 Å². The van der Waals surface area contributed by atoms with E-state index in [1.165, 1.54) is 12.8 Å². The van der Waals surface area contributed by atoms with E-state index in [1.807, 2.05) is 6.07 Å². The van der Waals surface area contributed by atoms with E-state index in [-0.39, 0.29) is 12.0 Å². The van der Waals surface area contributed by atoms with Gasteiger partial charge < -0.3 is 20.7 Å². The van der Waals surface area contributed by atoms with Crippen LogP contribution in [0, 0.1) is 5.92 Å². The van der Waals surface area contributed by atoms with Gasteiger partial charge >= 0.3 is 0 Å². The lowest BCUT2D eigenvalue weighted by atomic mass is 10.0. The Morgan fingerprint density at radius 1 is 1.33 bits per heavy atom. The summed E-state index contributed by atoms with van der Waals surface area (Å²) in [7, 11) is 3.50. The van der Waals surface area contributed by atoms with Gasteiger partial charge in [-0.15, -0.1) is 0 Å². The monoisotopic (exact) mass is 289 g/mol. The second-order valence-electron chi connectivity index (χ2n) is 6.21. The van der Waals surface area contributed by atoms with Crippen LogP contribution < -0.4 is 11.1 Å². The van der Waals surface area contributed by atoms with Gasteiger partial charge in [0.1, 0.15) is 0 Å². The maximum absolute atomic E-state index is 12.1. The van der Waals surface area contributed by atoms with Crippen LogP contribution in [0.1, 0.15) is 29.6 Å². The van der Waals surface area contributed by atoms with E-state index < -0.39 is 0 Å². The van der Waals surface area contributed by atoms with Crippen molar-refractivity contribution in [3.8, 4) is 0 Å². The maximum atomic E-state index is 12.1. The van der Waals surface area contributed by atoms with Crippen molar-refractivity contribution < 1.29 is 9.53 Å². The van der Waals surface area contributed by atoms with Crippen LogP contribution in [0.15, 0.2) is 18.2 Å². The number of nitrogens with two attached hydrogens (primary N) is 1. The number of carbonyl (C=O) groups excluding carboxylic acids is 1. The van der Waals surface area contributed by atoms with Crippen molar-refractivity contribution >= 4 is 17.3 Å². The number of benzene rings is 1. The van der Waals surface area contributed by atoms with Gasteiger partial charge in [0.25, 0.3) is 5.91 Å². The number of rotatable bonds is 4.